The topological polar surface area (TPSA) is 80.0 Å². The number of hydrogen-bond donors (Lipinski definition) is 2. The number of aryl methyl sites for hydroxylation is 1. The van der Waals surface area contributed by atoms with Gasteiger partial charge < -0.3 is 10.4 Å². The molecule has 7 heteroatoms. The highest BCUT2D eigenvalue weighted by Gasteiger charge is 2.15. The summed E-state index contributed by atoms with van der Waals surface area (Å²) in [5, 5.41) is 20.1. The van der Waals surface area contributed by atoms with Crippen LogP contribution in [0.15, 0.2) is 24.3 Å². The van der Waals surface area contributed by atoms with E-state index in [2.05, 4.69) is 15.5 Å². The summed E-state index contributed by atoms with van der Waals surface area (Å²) in [5.74, 6) is -0.361. The van der Waals surface area contributed by atoms with Crippen molar-refractivity contribution >= 4 is 17.5 Å². The molecule has 2 rings (SSSR count). The SMILES string of the molecule is Cc1nn(-c2cccc(Cl)c2)nc1C(=O)NCCO. The van der Waals surface area contributed by atoms with E-state index < -0.39 is 0 Å². The van der Waals surface area contributed by atoms with Crippen LogP contribution in [0.3, 0.4) is 0 Å². The predicted octanol–water partition coefficient (Wildman–Crippen LogP) is 0.951. The molecule has 2 N–H and O–H groups in total. The smallest absolute Gasteiger partial charge is 0.273 e. The van der Waals surface area contributed by atoms with Crippen LogP contribution in [0.2, 0.25) is 5.02 Å². The van der Waals surface area contributed by atoms with Gasteiger partial charge in [0.05, 0.1) is 18.0 Å². The average Bonchev–Trinajstić information content (AvgIpc) is 2.78. The summed E-state index contributed by atoms with van der Waals surface area (Å²) in [6, 6.07) is 7.02. The fraction of sp³-hybridized carbons (Fsp3) is 0.250. The third-order valence-electron chi connectivity index (χ3n) is 2.43. The summed E-state index contributed by atoms with van der Waals surface area (Å²) in [4.78, 5) is 13.1. The molecule has 2 aromatic rings. The number of amides is 1. The Hall–Kier alpha value is -1.92. The first-order valence-electron chi connectivity index (χ1n) is 5.71. The molecule has 0 atom stereocenters. The van der Waals surface area contributed by atoms with Gasteiger partial charge in [0.1, 0.15) is 0 Å². The van der Waals surface area contributed by atoms with Crippen LogP contribution in [0.25, 0.3) is 5.69 Å². The molecule has 0 saturated heterocycles. The summed E-state index contributed by atoms with van der Waals surface area (Å²) < 4.78 is 0. The van der Waals surface area contributed by atoms with Gasteiger partial charge >= 0.3 is 0 Å². The van der Waals surface area contributed by atoms with E-state index >= 15 is 0 Å². The minimum Gasteiger partial charge on any atom is -0.395 e. The molecule has 1 heterocycles. The molecule has 1 aromatic heterocycles. The van der Waals surface area contributed by atoms with Gasteiger partial charge in [-0.2, -0.15) is 9.90 Å². The summed E-state index contributed by atoms with van der Waals surface area (Å²) >= 11 is 5.90. The number of rotatable bonds is 4. The lowest BCUT2D eigenvalue weighted by molar-refractivity contribution is 0.0938. The molecule has 0 aliphatic heterocycles. The van der Waals surface area contributed by atoms with Gasteiger partial charge in [0.15, 0.2) is 5.69 Å². The molecule has 0 bridgehead atoms. The van der Waals surface area contributed by atoms with Crippen molar-refractivity contribution in [2.75, 3.05) is 13.2 Å². The zero-order valence-corrected chi connectivity index (χ0v) is 11.1. The van der Waals surface area contributed by atoms with Crippen molar-refractivity contribution in [2.24, 2.45) is 0 Å². The second-order valence-corrected chi connectivity index (χ2v) is 4.32. The maximum Gasteiger partial charge on any atom is 0.273 e. The van der Waals surface area contributed by atoms with E-state index in [1.165, 1.54) is 4.80 Å². The van der Waals surface area contributed by atoms with Gasteiger partial charge in [-0.3, -0.25) is 4.79 Å². The Bertz CT molecular complexity index is 597. The normalized spacial score (nSPS) is 10.5. The number of hydrogen-bond acceptors (Lipinski definition) is 4. The van der Waals surface area contributed by atoms with Crippen LogP contribution in [0, 0.1) is 6.92 Å². The van der Waals surface area contributed by atoms with Crippen molar-refractivity contribution in [3.63, 3.8) is 0 Å². The molecule has 1 aromatic carbocycles. The van der Waals surface area contributed by atoms with Crippen LogP contribution in [0.5, 0.6) is 0 Å². The number of carbonyl (C=O) groups is 1. The lowest BCUT2D eigenvalue weighted by atomic mass is 10.3. The monoisotopic (exact) mass is 280 g/mol. The number of carbonyl (C=O) groups excluding carboxylic acids is 1. The van der Waals surface area contributed by atoms with Gasteiger partial charge in [-0.15, -0.1) is 5.10 Å². The first kappa shape index (κ1) is 13.5. The third kappa shape index (κ3) is 3.10. The summed E-state index contributed by atoms with van der Waals surface area (Å²) in [5.41, 5.74) is 1.42. The molecular formula is C12H13ClN4O2. The Kier molecular flexibility index (Phi) is 4.13. The number of halogens is 1. The van der Waals surface area contributed by atoms with Gasteiger partial charge in [-0.1, -0.05) is 17.7 Å². The van der Waals surface area contributed by atoms with Crippen LogP contribution < -0.4 is 5.32 Å². The van der Waals surface area contributed by atoms with E-state index in [9.17, 15) is 4.79 Å². The Morgan fingerprint density at radius 3 is 2.95 bits per heavy atom. The van der Waals surface area contributed by atoms with E-state index in [4.69, 9.17) is 16.7 Å². The summed E-state index contributed by atoms with van der Waals surface area (Å²) in [7, 11) is 0. The Labute approximate surface area is 115 Å². The van der Waals surface area contributed by atoms with Gasteiger partial charge in [-0.25, -0.2) is 0 Å². The number of nitrogens with zero attached hydrogens (tertiary/aromatic N) is 3. The Balaban J connectivity index is 2.28. The molecule has 6 nitrogen and oxygen atoms in total. The van der Waals surface area contributed by atoms with Crippen molar-refractivity contribution in [3.05, 3.63) is 40.7 Å². The lowest BCUT2D eigenvalue weighted by Gasteiger charge is -2.00. The molecule has 0 aliphatic carbocycles. The highest BCUT2D eigenvalue weighted by Crippen LogP contribution is 2.14. The standard InChI is InChI=1S/C12H13ClN4O2/c1-8-11(12(19)14-5-6-18)16-17(15-8)10-4-2-3-9(13)7-10/h2-4,7,18H,5-6H2,1H3,(H,14,19). The number of aliphatic hydroxyl groups is 1. The molecule has 1 amide bonds. The lowest BCUT2D eigenvalue weighted by Crippen LogP contribution is -2.27. The van der Waals surface area contributed by atoms with Crippen LogP contribution in [0.1, 0.15) is 16.2 Å². The van der Waals surface area contributed by atoms with Gasteiger partial charge in [0.2, 0.25) is 0 Å². The van der Waals surface area contributed by atoms with Crippen molar-refractivity contribution in [2.45, 2.75) is 6.92 Å². The van der Waals surface area contributed by atoms with E-state index in [0.717, 1.165) is 0 Å². The molecule has 0 radical (unpaired) electrons. The zero-order valence-electron chi connectivity index (χ0n) is 10.3. The van der Waals surface area contributed by atoms with Gasteiger partial charge in [0, 0.05) is 11.6 Å². The molecular weight excluding hydrogens is 268 g/mol. The molecule has 0 fully saturated rings. The van der Waals surface area contributed by atoms with Crippen molar-refractivity contribution < 1.29 is 9.90 Å². The largest absolute Gasteiger partial charge is 0.395 e. The van der Waals surface area contributed by atoms with Gasteiger partial charge in [0.25, 0.3) is 5.91 Å². The van der Waals surface area contributed by atoms with Crippen LogP contribution in [-0.4, -0.2) is 39.2 Å². The van der Waals surface area contributed by atoms with E-state index in [1.54, 1.807) is 31.2 Å². The second-order valence-electron chi connectivity index (χ2n) is 3.88. The predicted molar refractivity (Wildman–Crippen MR) is 70.5 cm³/mol. The summed E-state index contributed by atoms with van der Waals surface area (Å²) in [6.07, 6.45) is 0. The van der Waals surface area contributed by atoms with Crippen LogP contribution >= 0.6 is 11.6 Å². The Morgan fingerprint density at radius 1 is 1.47 bits per heavy atom. The molecule has 0 aliphatic rings. The zero-order chi connectivity index (χ0) is 13.8. The van der Waals surface area contributed by atoms with Crippen molar-refractivity contribution in [3.8, 4) is 5.69 Å². The number of aromatic nitrogens is 3. The molecule has 0 unspecified atom stereocenters. The van der Waals surface area contributed by atoms with Crippen molar-refractivity contribution in [1.82, 2.24) is 20.3 Å². The van der Waals surface area contributed by atoms with Gasteiger partial charge in [-0.05, 0) is 25.1 Å². The van der Waals surface area contributed by atoms with E-state index in [1.807, 2.05) is 0 Å². The first-order chi connectivity index (χ1) is 9.11. The maximum absolute atomic E-state index is 11.8. The van der Waals surface area contributed by atoms with Crippen LogP contribution in [-0.2, 0) is 0 Å². The molecule has 0 saturated carbocycles. The third-order valence-corrected chi connectivity index (χ3v) is 2.67. The van der Waals surface area contributed by atoms with Crippen molar-refractivity contribution in [1.29, 1.82) is 0 Å². The molecule has 0 spiro atoms. The minimum atomic E-state index is -0.361. The minimum absolute atomic E-state index is 0.118. The highest BCUT2D eigenvalue weighted by molar-refractivity contribution is 6.30. The quantitative estimate of drug-likeness (QED) is 0.874. The maximum atomic E-state index is 11.8. The highest BCUT2D eigenvalue weighted by atomic mass is 35.5. The fourth-order valence-corrected chi connectivity index (χ4v) is 1.74. The number of nitrogens with one attached hydrogen (secondary N) is 1. The van der Waals surface area contributed by atoms with Crippen LogP contribution in [0.4, 0.5) is 0 Å². The number of benzene rings is 1. The summed E-state index contributed by atoms with van der Waals surface area (Å²) in [6.45, 7) is 1.76. The fourth-order valence-electron chi connectivity index (χ4n) is 1.56. The van der Waals surface area contributed by atoms with E-state index in [-0.39, 0.29) is 24.8 Å². The molecule has 100 valence electrons. The Morgan fingerprint density at radius 2 is 2.26 bits per heavy atom. The number of aliphatic hydroxyl groups excluding tert-OH is 1. The average molecular weight is 281 g/mol. The first-order valence-corrected chi connectivity index (χ1v) is 6.08. The molecule has 19 heavy (non-hydrogen) atoms. The second kappa shape index (κ2) is 5.81. The van der Waals surface area contributed by atoms with E-state index in [0.29, 0.717) is 16.4 Å².